The Kier molecular flexibility index (Phi) is 4.06. The Morgan fingerprint density at radius 1 is 1.62 bits per heavy atom. The molecule has 3 N–H and O–H groups in total. The summed E-state index contributed by atoms with van der Waals surface area (Å²) in [6.07, 6.45) is 6.45. The Labute approximate surface area is 103 Å². The number of amides is 1. The zero-order chi connectivity index (χ0) is 11.4. The topological polar surface area (TPSA) is 68.0 Å². The number of rotatable bonds is 4. The fraction of sp³-hybridized carbons (Fsp3) is 0.600. The second-order valence-electron chi connectivity index (χ2n) is 3.86. The van der Waals surface area contributed by atoms with Gasteiger partial charge in [-0.2, -0.15) is 0 Å². The Hall–Kier alpha value is -0.750. The Morgan fingerprint density at radius 2 is 2.38 bits per heavy atom. The van der Waals surface area contributed by atoms with E-state index in [1.165, 1.54) is 35.9 Å². The van der Waals surface area contributed by atoms with Crippen LogP contribution >= 0.6 is 23.1 Å². The van der Waals surface area contributed by atoms with Crippen LogP contribution in [0.5, 0.6) is 0 Å². The lowest BCUT2D eigenvalue weighted by atomic mass is 10.2. The normalized spacial score (nSPS) is 16.5. The molecule has 4 nitrogen and oxygen atoms in total. The molecule has 1 aromatic heterocycles. The van der Waals surface area contributed by atoms with Crippen LogP contribution in [0.1, 0.15) is 25.7 Å². The number of hydrogen-bond donors (Lipinski definition) is 2. The van der Waals surface area contributed by atoms with E-state index in [1.807, 2.05) is 0 Å². The maximum absolute atomic E-state index is 11.6. The molecular formula is C10H15N3OS2. The van der Waals surface area contributed by atoms with Crippen LogP contribution in [0.3, 0.4) is 0 Å². The van der Waals surface area contributed by atoms with Crippen LogP contribution in [0.4, 0.5) is 5.13 Å². The molecule has 0 saturated heterocycles. The van der Waals surface area contributed by atoms with Crippen molar-refractivity contribution in [3.8, 4) is 0 Å². The van der Waals surface area contributed by atoms with E-state index < -0.39 is 0 Å². The molecule has 1 fully saturated rings. The van der Waals surface area contributed by atoms with E-state index in [4.69, 9.17) is 5.73 Å². The first kappa shape index (κ1) is 11.7. The zero-order valence-electron chi connectivity index (χ0n) is 8.94. The molecule has 1 amide bonds. The van der Waals surface area contributed by atoms with Crippen LogP contribution < -0.4 is 11.1 Å². The molecule has 88 valence electrons. The number of carbonyl (C=O) groups excluding carboxylic acids is 1. The fourth-order valence-electron chi connectivity index (χ4n) is 1.81. The summed E-state index contributed by atoms with van der Waals surface area (Å²) in [7, 11) is 0. The van der Waals surface area contributed by atoms with E-state index in [1.54, 1.807) is 6.20 Å². The van der Waals surface area contributed by atoms with Gasteiger partial charge in [0.15, 0.2) is 5.13 Å². The third-order valence-electron chi connectivity index (χ3n) is 2.57. The summed E-state index contributed by atoms with van der Waals surface area (Å²) in [5.41, 5.74) is 5.51. The monoisotopic (exact) mass is 257 g/mol. The smallest absolute Gasteiger partial charge is 0.230 e. The van der Waals surface area contributed by atoms with Crippen molar-refractivity contribution in [1.29, 1.82) is 0 Å². The molecule has 1 aliphatic rings. The molecular weight excluding hydrogens is 242 g/mol. The van der Waals surface area contributed by atoms with Crippen molar-refractivity contribution in [1.82, 2.24) is 10.3 Å². The number of thioether (sulfide) groups is 1. The van der Waals surface area contributed by atoms with Crippen LogP contribution in [-0.4, -0.2) is 22.7 Å². The third-order valence-corrected chi connectivity index (χ3v) is 4.59. The van der Waals surface area contributed by atoms with Gasteiger partial charge in [0, 0.05) is 6.04 Å². The lowest BCUT2D eigenvalue weighted by Crippen LogP contribution is -2.33. The summed E-state index contributed by atoms with van der Waals surface area (Å²) in [5, 5.41) is 3.60. The molecule has 1 heterocycles. The minimum Gasteiger partial charge on any atom is -0.375 e. The Balaban J connectivity index is 1.71. The first-order chi connectivity index (χ1) is 7.74. The second-order valence-corrected chi connectivity index (χ2v) is 6.19. The number of nitrogens with two attached hydrogens (primary N) is 1. The number of carbonyl (C=O) groups is 1. The van der Waals surface area contributed by atoms with Gasteiger partial charge in [-0.3, -0.25) is 4.79 Å². The van der Waals surface area contributed by atoms with E-state index in [0.29, 0.717) is 16.9 Å². The largest absolute Gasteiger partial charge is 0.375 e. The van der Waals surface area contributed by atoms with E-state index in [0.717, 1.165) is 17.1 Å². The average Bonchev–Trinajstić information content (AvgIpc) is 2.87. The van der Waals surface area contributed by atoms with E-state index >= 15 is 0 Å². The summed E-state index contributed by atoms with van der Waals surface area (Å²) >= 11 is 2.92. The molecule has 0 spiro atoms. The van der Waals surface area contributed by atoms with Crippen molar-refractivity contribution in [2.45, 2.75) is 35.9 Å². The van der Waals surface area contributed by atoms with Crippen LogP contribution in [0.15, 0.2) is 10.4 Å². The highest BCUT2D eigenvalue weighted by Crippen LogP contribution is 2.26. The first-order valence-corrected chi connectivity index (χ1v) is 7.18. The number of anilines is 1. The lowest BCUT2D eigenvalue weighted by molar-refractivity contribution is -0.119. The summed E-state index contributed by atoms with van der Waals surface area (Å²) in [6.45, 7) is 0. The zero-order valence-corrected chi connectivity index (χ0v) is 10.6. The van der Waals surface area contributed by atoms with Crippen molar-refractivity contribution in [3.63, 3.8) is 0 Å². The number of nitrogens with zero attached hydrogens (tertiary/aromatic N) is 1. The number of hydrogen-bond acceptors (Lipinski definition) is 5. The Bertz CT molecular complexity index is 361. The van der Waals surface area contributed by atoms with Gasteiger partial charge < -0.3 is 11.1 Å². The predicted octanol–water partition coefficient (Wildman–Crippen LogP) is 1.88. The van der Waals surface area contributed by atoms with E-state index in [2.05, 4.69) is 10.3 Å². The molecule has 0 bridgehead atoms. The second kappa shape index (κ2) is 5.54. The standard InChI is InChI=1S/C10H15N3OS2/c11-10-12-5-9(16-10)15-6-8(14)13-7-3-1-2-4-7/h5,7H,1-4,6H2,(H2,11,12)(H,13,14). The van der Waals surface area contributed by atoms with E-state index in [9.17, 15) is 4.79 Å². The maximum Gasteiger partial charge on any atom is 0.230 e. The molecule has 1 saturated carbocycles. The van der Waals surface area contributed by atoms with Crippen LogP contribution in [-0.2, 0) is 4.79 Å². The van der Waals surface area contributed by atoms with Crippen molar-refractivity contribution >= 4 is 34.1 Å². The van der Waals surface area contributed by atoms with Gasteiger partial charge in [-0.15, -0.1) is 11.8 Å². The number of nitrogens with one attached hydrogen (secondary N) is 1. The van der Waals surface area contributed by atoms with Gasteiger partial charge in [0.1, 0.15) is 0 Å². The Morgan fingerprint density at radius 3 is 3.00 bits per heavy atom. The quantitative estimate of drug-likeness (QED) is 0.808. The predicted molar refractivity (Wildman–Crippen MR) is 67.6 cm³/mol. The molecule has 2 rings (SSSR count). The fourth-order valence-corrected chi connectivity index (χ4v) is 3.38. The summed E-state index contributed by atoms with van der Waals surface area (Å²) < 4.78 is 0.999. The van der Waals surface area contributed by atoms with Crippen molar-refractivity contribution in [2.24, 2.45) is 0 Å². The van der Waals surface area contributed by atoms with Crippen LogP contribution in [0, 0.1) is 0 Å². The highest BCUT2D eigenvalue weighted by Gasteiger charge is 2.17. The summed E-state index contributed by atoms with van der Waals surface area (Å²) in [4.78, 5) is 15.5. The summed E-state index contributed by atoms with van der Waals surface area (Å²) in [5.74, 6) is 0.571. The third kappa shape index (κ3) is 3.38. The number of aromatic nitrogens is 1. The SMILES string of the molecule is Nc1ncc(SCC(=O)NC2CCCC2)s1. The van der Waals surface area contributed by atoms with E-state index in [-0.39, 0.29) is 5.91 Å². The van der Waals surface area contributed by atoms with Crippen LogP contribution in [0.25, 0.3) is 0 Å². The highest BCUT2D eigenvalue weighted by atomic mass is 32.2. The molecule has 16 heavy (non-hydrogen) atoms. The number of nitrogen functional groups attached to an aromatic ring is 1. The van der Waals surface area contributed by atoms with Gasteiger partial charge in [0.05, 0.1) is 16.2 Å². The minimum absolute atomic E-state index is 0.115. The minimum atomic E-state index is 0.115. The van der Waals surface area contributed by atoms with Gasteiger partial charge in [0.25, 0.3) is 0 Å². The molecule has 0 aliphatic heterocycles. The molecule has 6 heteroatoms. The maximum atomic E-state index is 11.6. The van der Waals surface area contributed by atoms with Crippen molar-refractivity contribution in [2.75, 3.05) is 11.5 Å². The first-order valence-electron chi connectivity index (χ1n) is 5.37. The molecule has 0 aromatic carbocycles. The van der Waals surface area contributed by atoms with Gasteiger partial charge >= 0.3 is 0 Å². The molecule has 1 aliphatic carbocycles. The number of thiazole rings is 1. The molecule has 0 unspecified atom stereocenters. The molecule has 0 radical (unpaired) electrons. The van der Waals surface area contributed by atoms with Gasteiger partial charge in [0.2, 0.25) is 5.91 Å². The lowest BCUT2D eigenvalue weighted by Gasteiger charge is -2.10. The highest BCUT2D eigenvalue weighted by molar-refractivity contribution is 8.01. The average molecular weight is 257 g/mol. The molecule has 1 aromatic rings. The van der Waals surface area contributed by atoms with Gasteiger partial charge in [-0.05, 0) is 12.8 Å². The summed E-state index contributed by atoms with van der Waals surface area (Å²) in [6, 6.07) is 0.402. The van der Waals surface area contributed by atoms with Crippen molar-refractivity contribution < 1.29 is 4.79 Å². The van der Waals surface area contributed by atoms with Crippen LogP contribution in [0.2, 0.25) is 0 Å². The molecule has 0 atom stereocenters. The van der Waals surface area contributed by atoms with Gasteiger partial charge in [-0.1, -0.05) is 24.2 Å². The van der Waals surface area contributed by atoms with Gasteiger partial charge in [-0.25, -0.2) is 4.98 Å². The van der Waals surface area contributed by atoms with Crippen molar-refractivity contribution in [3.05, 3.63) is 6.20 Å².